The average Bonchev–Trinajstić information content (AvgIpc) is 3.81. The molecule has 228 valence electrons. The molecule has 7 rings (SSSR count). The van der Waals surface area contributed by atoms with Crippen molar-refractivity contribution in [2.75, 3.05) is 39.6 Å². The van der Waals surface area contributed by atoms with E-state index in [1.165, 1.54) is 80.0 Å². The fraction of sp³-hybridized carbons (Fsp3) is 0.667. The predicted octanol–water partition coefficient (Wildman–Crippen LogP) is 6.72. The minimum atomic E-state index is -0.0478. The summed E-state index contributed by atoms with van der Waals surface area (Å²) in [6, 6.07) is 14.1. The van der Waals surface area contributed by atoms with Crippen LogP contribution in [0.1, 0.15) is 92.9 Å². The number of ether oxygens (including phenoxy) is 6. The summed E-state index contributed by atoms with van der Waals surface area (Å²) >= 11 is 0. The highest BCUT2D eigenvalue weighted by Crippen LogP contribution is 2.45. The monoisotopic (exact) mass is 576 g/mol. The zero-order valence-electron chi connectivity index (χ0n) is 25.2. The van der Waals surface area contributed by atoms with Crippen molar-refractivity contribution in [3.8, 4) is 11.5 Å². The summed E-state index contributed by atoms with van der Waals surface area (Å²) in [7, 11) is 0. The molecule has 0 spiro atoms. The molecule has 0 N–H and O–H groups in total. The first kappa shape index (κ1) is 28.6. The number of hydrogen-bond acceptors (Lipinski definition) is 6. The van der Waals surface area contributed by atoms with Crippen LogP contribution in [0.25, 0.3) is 0 Å². The molecule has 42 heavy (non-hydrogen) atoms. The van der Waals surface area contributed by atoms with Crippen LogP contribution in [0.15, 0.2) is 36.4 Å². The third kappa shape index (κ3) is 7.68. The van der Waals surface area contributed by atoms with E-state index in [4.69, 9.17) is 28.4 Å². The second-order valence-electron chi connectivity index (χ2n) is 13.3. The van der Waals surface area contributed by atoms with Crippen molar-refractivity contribution in [2.24, 2.45) is 0 Å². The highest BCUT2D eigenvalue weighted by atomic mass is 16.6. The number of rotatable bonds is 12. The van der Waals surface area contributed by atoms with Gasteiger partial charge in [-0.2, -0.15) is 0 Å². The summed E-state index contributed by atoms with van der Waals surface area (Å²) in [6.45, 7) is 4.57. The Kier molecular flexibility index (Phi) is 9.04. The lowest BCUT2D eigenvalue weighted by molar-refractivity contribution is 0.260. The summed E-state index contributed by atoms with van der Waals surface area (Å²) in [4.78, 5) is 0. The van der Waals surface area contributed by atoms with E-state index in [2.05, 4.69) is 36.4 Å². The van der Waals surface area contributed by atoms with Gasteiger partial charge in [-0.1, -0.05) is 82.1 Å². The van der Waals surface area contributed by atoms with Crippen LogP contribution in [0.4, 0.5) is 0 Å². The fourth-order valence-corrected chi connectivity index (χ4v) is 6.87. The van der Waals surface area contributed by atoms with Gasteiger partial charge < -0.3 is 28.4 Å². The molecule has 5 fully saturated rings. The summed E-state index contributed by atoms with van der Waals surface area (Å²) in [5.74, 6) is 1.98. The lowest BCUT2D eigenvalue weighted by atomic mass is 9.67. The van der Waals surface area contributed by atoms with E-state index in [9.17, 15) is 0 Å². The SMILES string of the molecule is c1cc(OCC2CO2)c(CC2CO2)cc1C1(c2ccc(OCC3CO3)c(CC3CO3)c2)CCCCCCCCCCC1. The molecule has 0 bridgehead atoms. The molecule has 4 heterocycles. The molecule has 6 nitrogen and oxygen atoms in total. The predicted molar refractivity (Wildman–Crippen MR) is 162 cm³/mol. The Hall–Kier alpha value is -2.12. The Balaban J connectivity index is 1.25. The molecule has 0 amide bonds. The molecule has 4 unspecified atom stereocenters. The molecule has 5 aliphatic rings. The molecule has 2 aromatic rings. The van der Waals surface area contributed by atoms with Gasteiger partial charge in [0.2, 0.25) is 0 Å². The summed E-state index contributed by atoms with van der Waals surface area (Å²) < 4.78 is 34.9. The summed E-state index contributed by atoms with van der Waals surface area (Å²) in [5.41, 5.74) is 5.36. The normalized spacial score (nSPS) is 28.7. The van der Waals surface area contributed by atoms with Crippen LogP contribution in [0, 0.1) is 0 Å². The van der Waals surface area contributed by atoms with Gasteiger partial charge in [-0.3, -0.25) is 0 Å². The highest BCUT2D eigenvalue weighted by molar-refractivity contribution is 5.49. The van der Waals surface area contributed by atoms with Crippen LogP contribution in [-0.4, -0.2) is 64.1 Å². The zero-order valence-corrected chi connectivity index (χ0v) is 25.2. The van der Waals surface area contributed by atoms with Crippen LogP contribution < -0.4 is 9.47 Å². The van der Waals surface area contributed by atoms with Gasteiger partial charge in [0.05, 0.1) is 38.6 Å². The van der Waals surface area contributed by atoms with Crippen LogP contribution in [0.2, 0.25) is 0 Å². The van der Waals surface area contributed by atoms with Gasteiger partial charge in [0.1, 0.15) is 36.9 Å². The van der Waals surface area contributed by atoms with Crippen molar-refractivity contribution in [3.63, 3.8) is 0 Å². The maximum Gasteiger partial charge on any atom is 0.122 e. The van der Waals surface area contributed by atoms with Gasteiger partial charge >= 0.3 is 0 Å². The van der Waals surface area contributed by atoms with Gasteiger partial charge in [0.15, 0.2) is 0 Å². The van der Waals surface area contributed by atoms with E-state index in [1.54, 1.807) is 0 Å². The zero-order chi connectivity index (χ0) is 28.2. The van der Waals surface area contributed by atoms with E-state index >= 15 is 0 Å². The maximum absolute atomic E-state index is 6.30. The van der Waals surface area contributed by atoms with Crippen molar-refractivity contribution in [1.29, 1.82) is 0 Å². The molecule has 1 saturated carbocycles. The highest BCUT2D eigenvalue weighted by Gasteiger charge is 2.37. The molecule has 0 aromatic heterocycles. The topological polar surface area (TPSA) is 68.6 Å². The van der Waals surface area contributed by atoms with Crippen LogP contribution in [0.5, 0.6) is 11.5 Å². The first-order valence-electron chi connectivity index (χ1n) is 16.7. The van der Waals surface area contributed by atoms with Crippen molar-refractivity contribution in [1.82, 2.24) is 0 Å². The average molecular weight is 577 g/mol. The van der Waals surface area contributed by atoms with E-state index in [1.807, 2.05) is 0 Å². The van der Waals surface area contributed by atoms with Crippen molar-refractivity contribution in [2.45, 2.75) is 113 Å². The van der Waals surface area contributed by atoms with Crippen molar-refractivity contribution in [3.05, 3.63) is 58.7 Å². The molecule has 1 aliphatic carbocycles. The number of hydrogen-bond donors (Lipinski definition) is 0. The van der Waals surface area contributed by atoms with Gasteiger partial charge in [0.25, 0.3) is 0 Å². The smallest absolute Gasteiger partial charge is 0.122 e. The van der Waals surface area contributed by atoms with Crippen molar-refractivity contribution >= 4 is 0 Å². The van der Waals surface area contributed by atoms with E-state index in [0.717, 1.165) is 63.6 Å². The van der Waals surface area contributed by atoms with Crippen LogP contribution in [-0.2, 0) is 37.2 Å². The molecule has 4 aliphatic heterocycles. The Bertz CT molecular complexity index is 1090. The van der Waals surface area contributed by atoms with Crippen molar-refractivity contribution < 1.29 is 28.4 Å². The van der Waals surface area contributed by atoms with E-state index in [-0.39, 0.29) is 17.6 Å². The molecule has 4 atom stereocenters. The van der Waals surface area contributed by atoms with Gasteiger partial charge in [0, 0.05) is 18.3 Å². The molecular weight excluding hydrogens is 528 g/mol. The molecule has 4 saturated heterocycles. The van der Waals surface area contributed by atoms with Crippen LogP contribution >= 0.6 is 0 Å². The minimum Gasteiger partial charge on any atom is -0.491 e. The van der Waals surface area contributed by atoms with Crippen LogP contribution in [0.3, 0.4) is 0 Å². The van der Waals surface area contributed by atoms with E-state index in [0.29, 0.717) is 25.4 Å². The Morgan fingerprint density at radius 3 is 1.29 bits per heavy atom. The standard InChI is InChI=1S/C36H48O6/c1-2-4-6-8-14-36(15-9-7-5-3-1,28-10-12-34(41-24-32-22-39-32)26(16-28)18-30-20-37-30)29-11-13-35(42-25-33-23-40-33)27(17-29)19-31-21-38-31/h10-13,16-17,30-33H,1-9,14-15,18-25H2. The second-order valence-corrected chi connectivity index (χ2v) is 13.3. The van der Waals surface area contributed by atoms with Gasteiger partial charge in [-0.25, -0.2) is 0 Å². The lowest BCUT2D eigenvalue weighted by Gasteiger charge is -2.37. The molecule has 6 heteroatoms. The lowest BCUT2D eigenvalue weighted by Crippen LogP contribution is -2.29. The Morgan fingerprint density at radius 2 is 0.905 bits per heavy atom. The summed E-state index contributed by atoms with van der Waals surface area (Å²) in [6.07, 6.45) is 17.2. The largest absolute Gasteiger partial charge is 0.491 e. The molecule has 0 radical (unpaired) electrons. The Morgan fingerprint density at radius 1 is 0.524 bits per heavy atom. The second kappa shape index (κ2) is 13.3. The van der Waals surface area contributed by atoms with Gasteiger partial charge in [-0.15, -0.1) is 0 Å². The quantitative estimate of drug-likeness (QED) is 0.262. The number of benzene rings is 2. The first-order chi connectivity index (χ1) is 20.7. The third-order valence-corrected chi connectivity index (χ3v) is 9.79. The fourth-order valence-electron chi connectivity index (χ4n) is 6.87. The number of epoxide rings is 4. The molecule has 2 aromatic carbocycles. The molecular formula is C36H48O6. The maximum atomic E-state index is 6.30. The van der Waals surface area contributed by atoms with E-state index < -0.39 is 0 Å². The van der Waals surface area contributed by atoms with Gasteiger partial charge in [-0.05, 0) is 47.2 Å². The first-order valence-corrected chi connectivity index (χ1v) is 16.7. The summed E-state index contributed by atoms with van der Waals surface area (Å²) in [5, 5.41) is 0. The third-order valence-electron chi connectivity index (χ3n) is 9.79. The Labute approximate surface area is 251 Å². The minimum absolute atomic E-state index is 0.0478.